The highest BCUT2D eigenvalue weighted by Gasteiger charge is 2.17. The van der Waals surface area contributed by atoms with Crippen LogP contribution in [0.4, 0.5) is 0 Å². The van der Waals surface area contributed by atoms with Gasteiger partial charge in [-0.2, -0.15) is 0 Å². The van der Waals surface area contributed by atoms with Gasteiger partial charge in [0.2, 0.25) is 0 Å². The van der Waals surface area contributed by atoms with Crippen LogP contribution in [0, 0.1) is 6.92 Å². The molecule has 0 saturated carbocycles. The lowest BCUT2D eigenvalue weighted by molar-refractivity contribution is 0.0242. The van der Waals surface area contributed by atoms with Crippen LogP contribution < -0.4 is 5.73 Å². The summed E-state index contributed by atoms with van der Waals surface area (Å²) in [6, 6.07) is 4.69. The zero-order valence-electron chi connectivity index (χ0n) is 8.01. The highest BCUT2D eigenvalue weighted by Crippen LogP contribution is 2.22. The van der Waals surface area contributed by atoms with Gasteiger partial charge in [0, 0.05) is 6.54 Å². The van der Waals surface area contributed by atoms with Crippen molar-refractivity contribution in [2.75, 3.05) is 6.54 Å². The zero-order valence-corrected chi connectivity index (χ0v) is 8.01. The topological polar surface area (TPSA) is 86.7 Å². The van der Waals surface area contributed by atoms with Gasteiger partial charge < -0.3 is 21.1 Å². The minimum atomic E-state index is -1.05. The van der Waals surface area contributed by atoms with Gasteiger partial charge in [0.15, 0.2) is 0 Å². The largest absolute Gasteiger partial charge is 0.508 e. The first-order chi connectivity index (χ1) is 6.54. The van der Waals surface area contributed by atoms with Crippen molar-refractivity contribution in [2.45, 2.75) is 19.1 Å². The summed E-state index contributed by atoms with van der Waals surface area (Å²) in [5, 5.41) is 28.2. The van der Waals surface area contributed by atoms with Crippen molar-refractivity contribution in [3.63, 3.8) is 0 Å². The summed E-state index contributed by atoms with van der Waals surface area (Å²) in [5.74, 6) is 0.0725. The summed E-state index contributed by atoms with van der Waals surface area (Å²) in [6.07, 6.45) is -2.05. The number of phenolic OH excluding ortho intramolecular Hbond substituents is 1. The number of benzene rings is 1. The van der Waals surface area contributed by atoms with Gasteiger partial charge in [-0.3, -0.25) is 0 Å². The van der Waals surface area contributed by atoms with Crippen molar-refractivity contribution in [3.8, 4) is 5.75 Å². The van der Waals surface area contributed by atoms with E-state index in [1.54, 1.807) is 19.1 Å². The number of aliphatic hydroxyl groups excluding tert-OH is 2. The van der Waals surface area contributed by atoms with Crippen molar-refractivity contribution in [1.82, 2.24) is 0 Å². The average Bonchev–Trinajstić information content (AvgIpc) is 2.14. The van der Waals surface area contributed by atoms with E-state index in [4.69, 9.17) is 5.73 Å². The first-order valence-corrected chi connectivity index (χ1v) is 4.41. The van der Waals surface area contributed by atoms with Crippen LogP contribution in [0.1, 0.15) is 17.2 Å². The molecule has 2 unspecified atom stereocenters. The maximum Gasteiger partial charge on any atom is 0.116 e. The predicted octanol–water partition coefficient (Wildman–Crippen LogP) is 0.0536. The fraction of sp³-hybridized carbons (Fsp3) is 0.400. The quantitative estimate of drug-likeness (QED) is 0.551. The molecule has 14 heavy (non-hydrogen) atoms. The Hall–Kier alpha value is -1.10. The van der Waals surface area contributed by atoms with Crippen molar-refractivity contribution in [1.29, 1.82) is 0 Å². The molecule has 1 rings (SSSR count). The maximum atomic E-state index is 9.60. The standard InChI is InChI=1S/C10H15NO3/c1-6-2-7(4-8(12)3-6)10(14)9(13)5-11/h2-4,9-10,12-14H,5,11H2,1H3. The van der Waals surface area contributed by atoms with Crippen LogP contribution >= 0.6 is 0 Å². The molecular formula is C10H15NO3. The minimum Gasteiger partial charge on any atom is -0.508 e. The Morgan fingerprint density at radius 1 is 1.29 bits per heavy atom. The Bertz CT molecular complexity index is 294. The highest BCUT2D eigenvalue weighted by atomic mass is 16.3. The summed E-state index contributed by atoms with van der Waals surface area (Å²) < 4.78 is 0. The van der Waals surface area contributed by atoms with E-state index in [0.29, 0.717) is 5.56 Å². The molecule has 0 aliphatic rings. The first kappa shape index (κ1) is 11.0. The molecule has 0 heterocycles. The predicted molar refractivity (Wildman–Crippen MR) is 52.9 cm³/mol. The highest BCUT2D eigenvalue weighted by molar-refractivity contribution is 5.34. The Labute approximate surface area is 82.6 Å². The molecule has 0 aliphatic carbocycles. The number of rotatable bonds is 3. The minimum absolute atomic E-state index is 0.0180. The number of aromatic hydroxyl groups is 1. The van der Waals surface area contributed by atoms with Crippen molar-refractivity contribution in [2.24, 2.45) is 5.73 Å². The van der Waals surface area contributed by atoms with E-state index in [1.165, 1.54) is 6.07 Å². The number of hydrogen-bond acceptors (Lipinski definition) is 4. The monoisotopic (exact) mass is 197 g/mol. The zero-order chi connectivity index (χ0) is 10.7. The Morgan fingerprint density at radius 2 is 1.93 bits per heavy atom. The molecule has 78 valence electrons. The first-order valence-electron chi connectivity index (χ1n) is 4.41. The molecule has 4 heteroatoms. The van der Waals surface area contributed by atoms with Gasteiger partial charge in [0.1, 0.15) is 11.9 Å². The molecule has 2 atom stereocenters. The summed E-state index contributed by atoms with van der Waals surface area (Å²) in [7, 11) is 0. The second kappa shape index (κ2) is 4.41. The van der Waals surface area contributed by atoms with Gasteiger partial charge >= 0.3 is 0 Å². The second-order valence-electron chi connectivity index (χ2n) is 3.35. The second-order valence-corrected chi connectivity index (χ2v) is 3.35. The molecule has 0 fully saturated rings. The lowest BCUT2D eigenvalue weighted by atomic mass is 10.0. The summed E-state index contributed by atoms with van der Waals surface area (Å²) >= 11 is 0. The lowest BCUT2D eigenvalue weighted by Crippen LogP contribution is -2.27. The van der Waals surface area contributed by atoms with Gasteiger partial charge in [-0.1, -0.05) is 6.07 Å². The van der Waals surface area contributed by atoms with E-state index >= 15 is 0 Å². The Kier molecular flexibility index (Phi) is 3.46. The fourth-order valence-corrected chi connectivity index (χ4v) is 1.31. The molecule has 0 spiro atoms. The molecule has 0 radical (unpaired) electrons. The molecule has 0 bridgehead atoms. The molecule has 5 N–H and O–H groups in total. The van der Waals surface area contributed by atoms with Crippen molar-refractivity contribution in [3.05, 3.63) is 29.3 Å². The third-order valence-corrected chi connectivity index (χ3v) is 2.03. The van der Waals surface area contributed by atoms with Gasteiger partial charge in [-0.25, -0.2) is 0 Å². The van der Waals surface area contributed by atoms with Gasteiger partial charge in [-0.05, 0) is 30.2 Å². The number of aliphatic hydroxyl groups is 2. The third kappa shape index (κ3) is 2.45. The van der Waals surface area contributed by atoms with E-state index in [2.05, 4.69) is 0 Å². The van der Waals surface area contributed by atoms with E-state index in [-0.39, 0.29) is 12.3 Å². The molecule has 0 aliphatic heterocycles. The third-order valence-electron chi connectivity index (χ3n) is 2.03. The van der Waals surface area contributed by atoms with Crippen molar-refractivity contribution >= 4 is 0 Å². The normalized spacial score (nSPS) is 15.1. The van der Waals surface area contributed by atoms with Gasteiger partial charge in [-0.15, -0.1) is 0 Å². The van der Waals surface area contributed by atoms with Crippen LogP contribution in [0.3, 0.4) is 0 Å². The van der Waals surface area contributed by atoms with Crippen LogP contribution in [-0.2, 0) is 0 Å². The summed E-state index contributed by atoms with van der Waals surface area (Å²) in [6.45, 7) is 1.78. The van der Waals surface area contributed by atoms with Crippen LogP contribution in [0.2, 0.25) is 0 Å². The summed E-state index contributed by atoms with van der Waals surface area (Å²) in [5.41, 5.74) is 6.51. The number of phenols is 1. The lowest BCUT2D eigenvalue weighted by Gasteiger charge is -2.16. The van der Waals surface area contributed by atoms with Crippen LogP contribution in [0.5, 0.6) is 5.75 Å². The molecule has 0 amide bonds. The smallest absolute Gasteiger partial charge is 0.116 e. The SMILES string of the molecule is Cc1cc(O)cc(C(O)C(O)CN)c1. The molecule has 0 saturated heterocycles. The molecule has 1 aromatic carbocycles. The Balaban J connectivity index is 2.94. The number of aryl methyl sites for hydroxylation is 1. The van der Waals surface area contributed by atoms with Crippen molar-refractivity contribution < 1.29 is 15.3 Å². The van der Waals surface area contributed by atoms with Gasteiger partial charge in [0.05, 0.1) is 6.10 Å². The van der Waals surface area contributed by atoms with Crippen LogP contribution in [-0.4, -0.2) is 28.0 Å². The van der Waals surface area contributed by atoms with Crippen LogP contribution in [0.15, 0.2) is 18.2 Å². The summed E-state index contributed by atoms with van der Waals surface area (Å²) in [4.78, 5) is 0. The molecule has 0 aromatic heterocycles. The molecule has 4 nitrogen and oxygen atoms in total. The van der Waals surface area contributed by atoms with Crippen LogP contribution in [0.25, 0.3) is 0 Å². The van der Waals surface area contributed by atoms with E-state index in [9.17, 15) is 15.3 Å². The molecular weight excluding hydrogens is 182 g/mol. The Morgan fingerprint density at radius 3 is 2.43 bits per heavy atom. The fourth-order valence-electron chi connectivity index (χ4n) is 1.31. The number of nitrogens with two attached hydrogens (primary N) is 1. The van der Waals surface area contributed by atoms with E-state index in [1.807, 2.05) is 0 Å². The van der Waals surface area contributed by atoms with E-state index in [0.717, 1.165) is 5.56 Å². The number of hydrogen-bond donors (Lipinski definition) is 4. The average molecular weight is 197 g/mol. The van der Waals surface area contributed by atoms with Gasteiger partial charge in [0.25, 0.3) is 0 Å². The molecule has 1 aromatic rings. The maximum absolute atomic E-state index is 9.60. The van der Waals surface area contributed by atoms with E-state index < -0.39 is 12.2 Å².